The summed E-state index contributed by atoms with van der Waals surface area (Å²) in [6.07, 6.45) is -1.57. The summed E-state index contributed by atoms with van der Waals surface area (Å²) in [5, 5.41) is 0. The lowest BCUT2D eigenvalue weighted by atomic mass is 10.2. The molecule has 0 spiro atoms. The molecule has 82 valence electrons. The molecular formula is C11H10BrF3. The second-order valence-electron chi connectivity index (χ2n) is 3.11. The van der Waals surface area contributed by atoms with Crippen LogP contribution in [0.1, 0.15) is 18.4 Å². The van der Waals surface area contributed by atoms with Crippen molar-refractivity contribution in [2.75, 3.05) is 0 Å². The van der Waals surface area contributed by atoms with Gasteiger partial charge >= 0.3 is 6.18 Å². The summed E-state index contributed by atoms with van der Waals surface area (Å²) in [4.78, 5) is 0. The molecule has 1 aromatic carbocycles. The third-order valence-corrected chi connectivity index (χ3v) is 2.30. The van der Waals surface area contributed by atoms with Crippen LogP contribution in [-0.4, -0.2) is 6.18 Å². The number of hydrogen-bond donors (Lipinski definition) is 0. The van der Waals surface area contributed by atoms with Crippen LogP contribution in [0.5, 0.6) is 0 Å². The molecule has 4 heteroatoms. The van der Waals surface area contributed by atoms with Gasteiger partial charge in [-0.2, -0.15) is 13.2 Å². The molecule has 0 heterocycles. The Morgan fingerprint density at radius 1 is 1.13 bits per heavy atom. The topological polar surface area (TPSA) is 0 Å². The van der Waals surface area contributed by atoms with E-state index in [2.05, 4.69) is 15.9 Å². The Morgan fingerprint density at radius 2 is 1.73 bits per heavy atom. The van der Waals surface area contributed by atoms with Gasteiger partial charge in [-0.15, -0.1) is 0 Å². The van der Waals surface area contributed by atoms with Crippen LogP contribution >= 0.6 is 15.9 Å². The van der Waals surface area contributed by atoms with Crippen molar-refractivity contribution in [3.05, 3.63) is 40.4 Å². The lowest BCUT2D eigenvalue weighted by Crippen LogP contribution is -2.05. The fraction of sp³-hybridized carbons (Fsp3) is 0.273. The van der Waals surface area contributed by atoms with Gasteiger partial charge in [-0.1, -0.05) is 40.2 Å². The third-order valence-electron chi connectivity index (χ3n) is 1.77. The molecule has 0 unspecified atom stereocenters. The average molecular weight is 279 g/mol. The van der Waals surface area contributed by atoms with Gasteiger partial charge in [-0.05, 0) is 24.1 Å². The van der Waals surface area contributed by atoms with E-state index < -0.39 is 12.6 Å². The van der Waals surface area contributed by atoms with Crippen molar-refractivity contribution in [2.24, 2.45) is 0 Å². The van der Waals surface area contributed by atoms with E-state index in [9.17, 15) is 13.2 Å². The molecule has 0 saturated heterocycles. The Labute approximate surface area is 94.9 Å². The highest BCUT2D eigenvalue weighted by molar-refractivity contribution is 9.10. The second-order valence-corrected chi connectivity index (χ2v) is 4.02. The van der Waals surface area contributed by atoms with E-state index in [1.807, 2.05) is 24.3 Å². The van der Waals surface area contributed by atoms with Crippen LogP contribution in [0.15, 0.2) is 34.8 Å². The molecule has 0 N–H and O–H groups in total. The van der Waals surface area contributed by atoms with Gasteiger partial charge in [0, 0.05) is 10.9 Å². The van der Waals surface area contributed by atoms with E-state index in [1.165, 1.54) is 6.08 Å². The molecule has 0 aliphatic rings. The zero-order chi connectivity index (χ0) is 11.3. The third kappa shape index (κ3) is 5.62. The molecule has 0 fully saturated rings. The summed E-state index contributed by atoms with van der Waals surface area (Å²) in [6.45, 7) is 0. The van der Waals surface area contributed by atoms with Gasteiger partial charge in [0.05, 0.1) is 0 Å². The van der Waals surface area contributed by atoms with E-state index in [-0.39, 0.29) is 6.42 Å². The molecule has 15 heavy (non-hydrogen) atoms. The van der Waals surface area contributed by atoms with Crippen LogP contribution in [-0.2, 0) is 0 Å². The van der Waals surface area contributed by atoms with Gasteiger partial charge in [0.25, 0.3) is 0 Å². The molecule has 0 nitrogen and oxygen atoms in total. The van der Waals surface area contributed by atoms with Crippen molar-refractivity contribution in [3.63, 3.8) is 0 Å². The Balaban J connectivity index is 2.42. The number of allylic oxidation sites excluding steroid dienone is 1. The van der Waals surface area contributed by atoms with Crippen LogP contribution in [0, 0.1) is 0 Å². The number of halogens is 4. The molecule has 0 radical (unpaired) electrons. The maximum absolute atomic E-state index is 11.8. The molecule has 0 aliphatic heterocycles. The Hall–Kier alpha value is -0.770. The summed E-state index contributed by atoms with van der Waals surface area (Å²) < 4.78 is 36.3. The van der Waals surface area contributed by atoms with Crippen LogP contribution in [0.25, 0.3) is 6.08 Å². The maximum Gasteiger partial charge on any atom is 0.389 e. The van der Waals surface area contributed by atoms with Crippen LogP contribution < -0.4 is 0 Å². The molecule has 1 rings (SSSR count). The summed E-state index contributed by atoms with van der Waals surface area (Å²) in [6, 6.07) is 7.38. The minimum Gasteiger partial charge on any atom is -0.171 e. The first-order chi connectivity index (χ1) is 6.97. The zero-order valence-corrected chi connectivity index (χ0v) is 9.48. The molecule has 0 amide bonds. The van der Waals surface area contributed by atoms with E-state index in [0.717, 1.165) is 10.0 Å². The van der Waals surface area contributed by atoms with Crippen molar-refractivity contribution in [3.8, 4) is 0 Å². The summed E-state index contributed by atoms with van der Waals surface area (Å²) >= 11 is 3.28. The largest absolute Gasteiger partial charge is 0.389 e. The summed E-state index contributed by atoms with van der Waals surface area (Å²) in [7, 11) is 0. The lowest BCUT2D eigenvalue weighted by Gasteiger charge is -2.01. The van der Waals surface area contributed by atoms with Gasteiger partial charge in [0.2, 0.25) is 0 Å². The molecule has 0 atom stereocenters. The van der Waals surface area contributed by atoms with E-state index in [0.29, 0.717) is 0 Å². The van der Waals surface area contributed by atoms with Crippen LogP contribution in [0.3, 0.4) is 0 Å². The van der Waals surface area contributed by atoms with Crippen LogP contribution in [0.2, 0.25) is 0 Å². The summed E-state index contributed by atoms with van der Waals surface area (Å²) in [5.41, 5.74) is 0.903. The SMILES string of the molecule is FC(F)(F)CC/C=C/c1ccc(Br)cc1. The molecule has 0 bridgehead atoms. The van der Waals surface area contributed by atoms with Crippen molar-refractivity contribution in [2.45, 2.75) is 19.0 Å². The fourth-order valence-electron chi connectivity index (χ4n) is 1.04. The summed E-state index contributed by atoms with van der Waals surface area (Å²) in [5.74, 6) is 0. The fourth-order valence-corrected chi connectivity index (χ4v) is 1.30. The quantitative estimate of drug-likeness (QED) is 0.745. The van der Waals surface area contributed by atoms with E-state index in [4.69, 9.17) is 0 Å². The Bertz CT molecular complexity index is 325. The molecule has 0 aliphatic carbocycles. The van der Waals surface area contributed by atoms with Crippen molar-refractivity contribution >= 4 is 22.0 Å². The number of benzene rings is 1. The van der Waals surface area contributed by atoms with Crippen molar-refractivity contribution in [1.29, 1.82) is 0 Å². The van der Waals surface area contributed by atoms with Crippen LogP contribution in [0.4, 0.5) is 13.2 Å². The Kier molecular flexibility index (Phi) is 4.39. The first kappa shape index (κ1) is 12.3. The van der Waals surface area contributed by atoms with Crippen molar-refractivity contribution < 1.29 is 13.2 Å². The van der Waals surface area contributed by atoms with Gasteiger partial charge in [-0.25, -0.2) is 0 Å². The minimum absolute atomic E-state index is 0.0273. The number of hydrogen-bond acceptors (Lipinski definition) is 0. The van der Waals surface area contributed by atoms with Gasteiger partial charge in [0.15, 0.2) is 0 Å². The minimum atomic E-state index is -4.07. The van der Waals surface area contributed by atoms with Gasteiger partial charge in [0.1, 0.15) is 0 Å². The predicted octanol–water partition coefficient (Wildman–Crippen LogP) is 4.80. The first-order valence-electron chi connectivity index (χ1n) is 4.46. The predicted molar refractivity (Wildman–Crippen MR) is 58.5 cm³/mol. The highest BCUT2D eigenvalue weighted by Crippen LogP contribution is 2.21. The van der Waals surface area contributed by atoms with Gasteiger partial charge < -0.3 is 0 Å². The average Bonchev–Trinajstić information content (AvgIpc) is 2.14. The number of rotatable bonds is 3. The normalized spacial score (nSPS) is 12.3. The molecule has 1 aromatic rings. The zero-order valence-electron chi connectivity index (χ0n) is 7.89. The second kappa shape index (κ2) is 5.35. The first-order valence-corrected chi connectivity index (χ1v) is 5.25. The Morgan fingerprint density at radius 3 is 2.27 bits per heavy atom. The molecular weight excluding hydrogens is 269 g/mol. The highest BCUT2D eigenvalue weighted by atomic mass is 79.9. The monoisotopic (exact) mass is 278 g/mol. The number of alkyl halides is 3. The molecule has 0 saturated carbocycles. The standard InChI is InChI=1S/C11H10BrF3/c12-10-6-4-9(5-7-10)3-1-2-8-11(13,14)15/h1,3-7H,2,8H2/b3-1+. The molecule has 0 aromatic heterocycles. The highest BCUT2D eigenvalue weighted by Gasteiger charge is 2.25. The van der Waals surface area contributed by atoms with Crippen molar-refractivity contribution in [1.82, 2.24) is 0 Å². The van der Waals surface area contributed by atoms with E-state index >= 15 is 0 Å². The smallest absolute Gasteiger partial charge is 0.171 e. The maximum atomic E-state index is 11.8. The lowest BCUT2D eigenvalue weighted by molar-refractivity contribution is -0.133. The van der Waals surface area contributed by atoms with E-state index in [1.54, 1.807) is 6.08 Å². The van der Waals surface area contributed by atoms with Gasteiger partial charge in [-0.3, -0.25) is 0 Å².